The predicted molar refractivity (Wildman–Crippen MR) is 79.7 cm³/mol. The number of benzene rings is 1. The van der Waals surface area contributed by atoms with Gasteiger partial charge in [-0.25, -0.2) is 0 Å². The van der Waals surface area contributed by atoms with E-state index in [9.17, 15) is 9.59 Å². The first-order valence-electron chi connectivity index (χ1n) is 6.77. The van der Waals surface area contributed by atoms with Crippen LogP contribution in [0.25, 0.3) is 0 Å². The first kappa shape index (κ1) is 16.2. The van der Waals surface area contributed by atoms with Crippen LogP contribution in [-0.2, 0) is 15.0 Å². The van der Waals surface area contributed by atoms with Gasteiger partial charge in [-0.15, -0.1) is 0 Å². The zero-order valence-electron chi connectivity index (χ0n) is 12.7. The van der Waals surface area contributed by atoms with E-state index < -0.39 is 17.8 Å². The van der Waals surface area contributed by atoms with E-state index in [0.29, 0.717) is 5.69 Å². The highest BCUT2D eigenvalue weighted by Crippen LogP contribution is 2.24. The van der Waals surface area contributed by atoms with Crippen molar-refractivity contribution < 1.29 is 14.7 Å². The van der Waals surface area contributed by atoms with E-state index in [4.69, 9.17) is 5.11 Å². The molecular formula is C16H23NO3. The van der Waals surface area contributed by atoms with Gasteiger partial charge in [0.2, 0.25) is 5.91 Å². The molecule has 20 heavy (non-hydrogen) atoms. The fraction of sp³-hybridized carbons (Fsp3) is 0.500. The highest BCUT2D eigenvalue weighted by atomic mass is 16.4. The molecule has 0 fully saturated rings. The van der Waals surface area contributed by atoms with Crippen LogP contribution >= 0.6 is 0 Å². The average Bonchev–Trinajstić information content (AvgIpc) is 2.36. The lowest BCUT2D eigenvalue weighted by Gasteiger charge is -2.20. The SMILES string of the molecule is CC(C(=O)O)C(C)C(=O)Nc1ccc(C(C)(C)C)cc1. The van der Waals surface area contributed by atoms with Gasteiger partial charge in [0, 0.05) is 11.6 Å². The molecule has 110 valence electrons. The number of nitrogens with one attached hydrogen (secondary N) is 1. The maximum atomic E-state index is 12.0. The minimum absolute atomic E-state index is 0.0631. The number of rotatable bonds is 4. The maximum Gasteiger partial charge on any atom is 0.307 e. The summed E-state index contributed by atoms with van der Waals surface area (Å²) >= 11 is 0. The third kappa shape index (κ3) is 4.08. The molecular weight excluding hydrogens is 254 g/mol. The normalized spacial score (nSPS) is 14.4. The summed E-state index contributed by atoms with van der Waals surface area (Å²) in [6.45, 7) is 9.53. The molecule has 0 saturated carbocycles. The van der Waals surface area contributed by atoms with Gasteiger partial charge in [0.15, 0.2) is 0 Å². The highest BCUT2D eigenvalue weighted by molar-refractivity contribution is 5.94. The maximum absolute atomic E-state index is 12.0. The van der Waals surface area contributed by atoms with Crippen molar-refractivity contribution in [2.24, 2.45) is 11.8 Å². The first-order chi connectivity index (χ1) is 9.12. The number of aliphatic carboxylic acids is 1. The molecule has 2 unspecified atom stereocenters. The van der Waals surface area contributed by atoms with Crippen LogP contribution in [0.1, 0.15) is 40.2 Å². The van der Waals surface area contributed by atoms with Gasteiger partial charge in [0.25, 0.3) is 0 Å². The van der Waals surface area contributed by atoms with Crippen molar-refractivity contribution in [3.63, 3.8) is 0 Å². The van der Waals surface area contributed by atoms with Gasteiger partial charge in [0.05, 0.1) is 5.92 Å². The second-order valence-corrected chi connectivity index (χ2v) is 6.23. The van der Waals surface area contributed by atoms with E-state index >= 15 is 0 Å². The van der Waals surface area contributed by atoms with E-state index in [1.807, 2.05) is 24.3 Å². The molecule has 0 aliphatic heterocycles. The molecule has 0 heterocycles. The molecule has 0 bridgehead atoms. The van der Waals surface area contributed by atoms with E-state index in [0.717, 1.165) is 0 Å². The second kappa shape index (κ2) is 6.07. The van der Waals surface area contributed by atoms with E-state index in [1.165, 1.54) is 12.5 Å². The number of carboxylic acids is 1. The molecule has 1 aromatic carbocycles. The molecule has 2 N–H and O–H groups in total. The van der Waals surface area contributed by atoms with Crippen LogP contribution in [0.3, 0.4) is 0 Å². The molecule has 2 atom stereocenters. The average molecular weight is 277 g/mol. The fourth-order valence-corrected chi connectivity index (χ4v) is 1.75. The molecule has 1 amide bonds. The Balaban J connectivity index is 2.74. The Bertz CT molecular complexity index is 485. The summed E-state index contributed by atoms with van der Waals surface area (Å²) in [5, 5.41) is 11.7. The van der Waals surface area contributed by atoms with Crippen molar-refractivity contribution in [3.05, 3.63) is 29.8 Å². The topological polar surface area (TPSA) is 66.4 Å². The molecule has 4 nitrogen and oxygen atoms in total. The fourth-order valence-electron chi connectivity index (χ4n) is 1.75. The molecule has 0 spiro atoms. The minimum Gasteiger partial charge on any atom is -0.481 e. The standard InChI is InChI=1S/C16H23NO3/c1-10(11(2)15(19)20)14(18)17-13-8-6-12(7-9-13)16(3,4)5/h6-11H,1-5H3,(H,17,18)(H,19,20). The Kier molecular flexibility index (Phi) is 4.93. The van der Waals surface area contributed by atoms with Crippen LogP contribution < -0.4 is 5.32 Å². The molecule has 4 heteroatoms. The summed E-state index contributed by atoms with van der Waals surface area (Å²) < 4.78 is 0. The minimum atomic E-state index is -0.962. The summed E-state index contributed by atoms with van der Waals surface area (Å²) in [4.78, 5) is 22.8. The Labute approximate surface area is 120 Å². The van der Waals surface area contributed by atoms with Gasteiger partial charge < -0.3 is 10.4 Å². The number of carboxylic acid groups (broad SMARTS) is 1. The van der Waals surface area contributed by atoms with E-state index in [1.54, 1.807) is 6.92 Å². The third-order valence-corrected chi connectivity index (χ3v) is 3.57. The van der Waals surface area contributed by atoms with Gasteiger partial charge in [-0.2, -0.15) is 0 Å². The smallest absolute Gasteiger partial charge is 0.307 e. The van der Waals surface area contributed by atoms with E-state index in [-0.39, 0.29) is 11.3 Å². The molecule has 0 aliphatic carbocycles. The number of hydrogen-bond acceptors (Lipinski definition) is 2. The summed E-state index contributed by atoms with van der Waals surface area (Å²) in [5.74, 6) is -2.52. The van der Waals surface area contributed by atoms with Gasteiger partial charge in [0.1, 0.15) is 0 Å². The summed E-state index contributed by atoms with van der Waals surface area (Å²) in [5.41, 5.74) is 1.93. The zero-order valence-corrected chi connectivity index (χ0v) is 12.7. The summed E-state index contributed by atoms with van der Waals surface area (Å²) in [6, 6.07) is 7.63. The van der Waals surface area contributed by atoms with Gasteiger partial charge in [-0.1, -0.05) is 46.8 Å². The van der Waals surface area contributed by atoms with Gasteiger partial charge in [-0.3, -0.25) is 9.59 Å². The number of carbonyl (C=O) groups is 2. The predicted octanol–water partition coefficient (Wildman–Crippen LogP) is 3.28. The Morgan fingerprint density at radius 3 is 1.95 bits per heavy atom. The molecule has 0 saturated heterocycles. The van der Waals surface area contributed by atoms with Gasteiger partial charge >= 0.3 is 5.97 Å². The quantitative estimate of drug-likeness (QED) is 0.887. The van der Waals surface area contributed by atoms with Crippen molar-refractivity contribution in [3.8, 4) is 0 Å². The van der Waals surface area contributed by atoms with Gasteiger partial charge in [-0.05, 0) is 23.1 Å². The van der Waals surface area contributed by atoms with Crippen molar-refractivity contribution >= 4 is 17.6 Å². The summed E-state index contributed by atoms with van der Waals surface area (Å²) in [7, 11) is 0. The number of amides is 1. The van der Waals surface area contributed by atoms with E-state index in [2.05, 4.69) is 26.1 Å². The largest absolute Gasteiger partial charge is 0.481 e. The molecule has 1 rings (SSSR count). The van der Waals surface area contributed by atoms with Crippen LogP contribution in [0, 0.1) is 11.8 Å². The Morgan fingerprint density at radius 1 is 1.05 bits per heavy atom. The lowest BCUT2D eigenvalue weighted by atomic mass is 9.87. The lowest BCUT2D eigenvalue weighted by molar-refractivity contribution is -0.145. The monoisotopic (exact) mass is 277 g/mol. The molecule has 0 radical (unpaired) electrons. The van der Waals surface area contributed by atoms with Crippen molar-refractivity contribution in [1.29, 1.82) is 0 Å². The van der Waals surface area contributed by atoms with Crippen LogP contribution in [0.5, 0.6) is 0 Å². The second-order valence-electron chi connectivity index (χ2n) is 6.23. The zero-order chi connectivity index (χ0) is 15.5. The Hall–Kier alpha value is -1.84. The van der Waals surface area contributed by atoms with Crippen LogP contribution in [0.2, 0.25) is 0 Å². The lowest BCUT2D eigenvalue weighted by Crippen LogP contribution is -2.29. The Morgan fingerprint density at radius 2 is 1.55 bits per heavy atom. The van der Waals surface area contributed by atoms with Crippen LogP contribution in [0.15, 0.2) is 24.3 Å². The third-order valence-electron chi connectivity index (χ3n) is 3.57. The number of hydrogen-bond donors (Lipinski definition) is 2. The van der Waals surface area contributed by atoms with Crippen molar-refractivity contribution in [1.82, 2.24) is 0 Å². The summed E-state index contributed by atoms with van der Waals surface area (Å²) in [6.07, 6.45) is 0. The molecule has 0 aliphatic rings. The molecule has 1 aromatic rings. The number of carbonyl (C=O) groups excluding carboxylic acids is 1. The van der Waals surface area contributed by atoms with Crippen LogP contribution in [0.4, 0.5) is 5.69 Å². The highest BCUT2D eigenvalue weighted by Gasteiger charge is 2.25. The molecule has 0 aromatic heterocycles. The first-order valence-corrected chi connectivity index (χ1v) is 6.77. The van der Waals surface area contributed by atoms with Crippen molar-refractivity contribution in [2.75, 3.05) is 5.32 Å². The number of anilines is 1. The van der Waals surface area contributed by atoms with Crippen LogP contribution in [-0.4, -0.2) is 17.0 Å². The van der Waals surface area contributed by atoms with Crippen molar-refractivity contribution in [2.45, 2.75) is 40.0 Å².